The minimum Gasteiger partial charge on any atom is -0.469 e. The Bertz CT molecular complexity index is 371. The molecule has 6 nitrogen and oxygen atoms in total. The standard InChI is InChI=1S/C10H12O6/c1-14-6(11)9-4-5(9)10(9,7(12)15-2)8(13)16-3/h5H,4H2,1-3H3. The summed E-state index contributed by atoms with van der Waals surface area (Å²) >= 11 is 0. The normalized spacial score (nSPS) is 32.1. The summed E-state index contributed by atoms with van der Waals surface area (Å²) in [5.74, 6) is -2.32. The fourth-order valence-corrected chi connectivity index (χ4v) is 2.69. The van der Waals surface area contributed by atoms with Gasteiger partial charge in [-0.1, -0.05) is 0 Å². The van der Waals surface area contributed by atoms with Crippen LogP contribution in [0.2, 0.25) is 0 Å². The quantitative estimate of drug-likeness (QED) is 0.368. The second-order valence-corrected chi connectivity index (χ2v) is 4.01. The van der Waals surface area contributed by atoms with Gasteiger partial charge in [-0.15, -0.1) is 0 Å². The number of methoxy groups -OCH3 is 3. The average Bonchev–Trinajstić information content (AvgIpc) is 3.15. The van der Waals surface area contributed by atoms with Gasteiger partial charge in [0.1, 0.15) is 5.41 Å². The van der Waals surface area contributed by atoms with Crippen LogP contribution in [0.1, 0.15) is 6.42 Å². The summed E-state index contributed by atoms with van der Waals surface area (Å²) < 4.78 is 13.8. The van der Waals surface area contributed by atoms with Gasteiger partial charge in [0, 0.05) is 5.92 Å². The van der Waals surface area contributed by atoms with E-state index in [0.29, 0.717) is 6.42 Å². The molecule has 0 bridgehead atoms. The van der Waals surface area contributed by atoms with Crippen molar-refractivity contribution in [3.63, 3.8) is 0 Å². The highest BCUT2D eigenvalue weighted by molar-refractivity contribution is 6.15. The van der Waals surface area contributed by atoms with Crippen LogP contribution in [-0.2, 0) is 28.6 Å². The van der Waals surface area contributed by atoms with Crippen molar-refractivity contribution in [1.82, 2.24) is 0 Å². The van der Waals surface area contributed by atoms with Crippen LogP contribution in [0.4, 0.5) is 0 Å². The van der Waals surface area contributed by atoms with E-state index in [9.17, 15) is 14.4 Å². The van der Waals surface area contributed by atoms with Gasteiger partial charge in [0.25, 0.3) is 0 Å². The highest BCUT2D eigenvalue weighted by Crippen LogP contribution is 2.88. The largest absolute Gasteiger partial charge is 0.469 e. The first-order chi connectivity index (χ1) is 7.53. The molecule has 0 radical (unpaired) electrons. The van der Waals surface area contributed by atoms with E-state index in [2.05, 4.69) is 14.2 Å². The van der Waals surface area contributed by atoms with Crippen LogP contribution < -0.4 is 0 Å². The number of hydrogen-bond donors (Lipinski definition) is 0. The van der Waals surface area contributed by atoms with Crippen molar-refractivity contribution < 1.29 is 28.6 Å². The highest BCUT2D eigenvalue weighted by Gasteiger charge is 3.01. The third-order valence-electron chi connectivity index (χ3n) is 3.67. The molecule has 2 fully saturated rings. The van der Waals surface area contributed by atoms with Crippen molar-refractivity contribution in [1.29, 1.82) is 0 Å². The van der Waals surface area contributed by atoms with Gasteiger partial charge in [-0.2, -0.15) is 0 Å². The molecular weight excluding hydrogens is 216 g/mol. The number of carbonyl (C=O) groups is 3. The zero-order chi connectivity index (χ0) is 12.1. The number of carbonyl (C=O) groups excluding carboxylic acids is 3. The van der Waals surface area contributed by atoms with Crippen molar-refractivity contribution >= 4 is 17.9 Å². The minimum absolute atomic E-state index is 0.327. The molecule has 6 heteroatoms. The molecule has 0 aromatic heterocycles. The average molecular weight is 228 g/mol. The topological polar surface area (TPSA) is 78.9 Å². The molecule has 0 amide bonds. The van der Waals surface area contributed by atoms with Crippen LogP contribution in [0.15, 0.2) is 0 Å². The van der Waals surface area contributed by atoms with Gasteiger partial charge >= 0.3 is 17.9 Å². The van der Waals surface area contributed by atoms with Crippen LogP contribution in [-0.4, -0.2) is 39.2 Å². The number of fused-ring (bicyclic) bond motifs is 1. The second-order valence-electron chi connectivity index (χ2n) is 4.01. The molecule has 0 N–H and O–H groups in total. The van der Waals surface area contributed by atoms with E-state index in [-0.39, 0.29) is 5.92 Å². The van der Waals surface area contributed by atoms with E-state index in [0.717, 1.165) is 0 Å². The number of hydrogen-bond acceptors (Lipinski definition) is 6. The Morgan fingerprint density at radius 2 is 1.38 bits per heavy atom. The fourth-order valence-electron chi connectivity index (χ4n) is 2.69. The zero-order valence-electron chi connectivity index (χ0n) is 9.23. The van der Waals surface area contributed by atoms with Gasteiger partial charge < -0.3 is 14.2 Å². The molecule has 2 atom stereocenters. The van der Waals surface area contributed by atoms with Crippen molar-refractivity contribution in [3.8, 4) is 0 Å². The predicted molar refractivity (Wildman–Crippen MR) is 49.0 cm³/mol. The Morgan fingerprint density at radius 3 is 1.69 bits per heavy atom. The Balaban J connectivity index is 2.33. The summed E-state index contributed by atoms with van der Waals surface area (Å²) in [4.78, 5) is 34.8. The third kappa shape index (κ3) is 0.819. The number of rotatable bonds is 3. The Morgan fingerprint density at radius 1 is 0.938 bits per heavy atom. The molecule has 0 aromatic carbocycles. The Kier molecular flexibility index (Phi) is 2.02. The first kappa shape index (κ1) is 10.9. The van der Waals surface area contributed by atoms with Gasteiger partial charge in [0.05, 0.1) is 21.3 Å². The Labute approximate surface area is 91.8 Å². The second kappa shape index (κ2) is 2.96. The van der Waals surface area contributed by atoms with Gasteiger partial charge in [-0.25, -0.2) is 0 Å². The van der Waals surface area contributed by atoms with E-state index >= 15 is 0 Å². The highest BCUT2D eigenvalue weighted by atomic mass is 16.6. The molecule has 2 unspecified atom stereocenters. The molecule has 0 aromatic rings. The van der Waals surface area contributed by atoms with Crippen LogP contribution in [0.3, 0.4) is 0 Å². The number of esters is 3. The molecule has 0 saturated heterocycles. The van der Waals surface area contributed by atoms with E-state index in [1.165, 1.54) is 21.3 Å². The third-order valence-corrected chi connectivity index (χ3v) is 3.67. The van der Waals surface area contributed by atoms with Crippen LogP contribution in [0, 0.1) is 16.7 Å². The molecule has 16 heavy (non-hydrogen) atoms. The molecule has 2 rings (SSSR count). The van der Waals surface area contributed by atoms with Crippen LogP contribution >= 0.6 is 0 Å². The maximum atomic E-state index is 11.6. The molecule has 2 aliphatic carbocycles. The lowest BCUT2D eigenvalue weighted by Crippen LogP contribution is -2.40. The zero-order valence-corrected chi connectivity index (χ0v) is 9.23. The maximum absolute atomic E-state index is 11.6. The molecular formula is C10H12O6. The van der Waals surface area contributed by atoms with Crippen molar-refractivity contribution in [3.05, 3.63) is 0 Å². The summed E-state index contributed by atoms with van der Waals surface area (Å²) in [7, 11) is 3.58. The van der Waals surface area contributed by atoms with Gasteiger partial charge in [0.2, 0.25) is 0 Å². The van der Waals surface area contributed by atoms with Gasteiger partial charge in [0.15, 0.2) is 5.41 Å². The lowest BCUT2D eigenvalue weighted by atomic mass is 9.87. The van der Waals surface area contributed by atoms with Crippen LogP contribution in [0.25, 0.3) is 0 Å². The maximum Gasteiger partial charge on any atom is 0.324 e. The van der Waals surface area contributed by atoms with Crippen LogP contribution in [0.5, 0.6) is 0 Å². The van der Waals surface area contributed by atoms with Gasteiger partial charge in [-0.3, -0.25) is 14.4 Å². The van der Waals surface area contributed by atoms with Crippen molar-refractivity contribution in [2.24, 2.45) is 16.7 Å². The molecule has 0 spiro atoms. The smallest absolute Gasteiger partial charge is 0.324 e. The summed E-state index contributed by atoms with van der Waals surface area (Å²) in [6.07, 6.45) is 0.476. The summed E-state index contributed by atoms with van der Waals surface area (Å²) in [6.45, 7) is 0. The van der Waals surface area contributed by atoms with E-state index in [1.54, 1.807) is 0 Å². The van der Waals surface area contributed by atoms with E-state index in [1.807, 2.05) is 0 Å². The molecule has 2 aliphatic rings. The Hall–Kier alpha value is -1.59. The fraction of sp³-hybridized carbons (Fsp3) is 0.700. The summed E-state index contributed by atoms with van der Waals surface area (Å²) in [6, 6.07) is 0. The van der Waals surface area contributed by atoms with Crippen molar-refractivity contribution in [2.45, 2.75) is 6.42 Å². The van der Waals surface area contributed by atoms with Gasteiger partial charge in [-0.05, 0) is 6.42 Å². The SMILES string of the molecule is COC(=O)C12CC1C2(C(=O)OC)C(=O)OC. The number of ether oxygens (including phenoxy) is 3. The first-order valence-electron chi connectivity index (χ1n) is 4.79. The summed E-state index contributed by atoms with van der Waals surface area (Å²) in [5, 5.41) is 0. The molecule has 88 valence electrons. The lowest BCUT2D eigenvalue weighted by Gasteiger charge is -2.20. The summed E-state index contributed by atoms with van der Waals surface area (Å²) in [5.41, 5.74) is -2.48. The molecule has 0 heterocycles. The van der Waals surface area contributed by atoms with Crippen molar-refractivity contribution in [2.75, 3.05) is 21.3 Å². The molecule has 2 saturated carbocycles. The first-order valence-corrected chi connectivity index (χ1v) is 4.79. The minimum atomic E-state index is -1.45. The molecule has 0 aliphatic heterocycles. The lowest BCUT2D eigenvalue weighted by molar-refractivity contribution is -0.171. The predicted octanol–water partition coefficient (Wildman–Crippen LogP) is -0.488. The monoisotopic (exact) mass is 228 g/mol. The van der Waals surface area contributed by atoms with E-state index in [4.69, 9.17) is 0 Å². The van der Waals surface area contributed by atoms with E-state index < -0.39 is 28.7 Å².